The van der Waals surface area contributed by atoms with Crippen molar-refractivity contribution in [1.29, 1.82) is 0 Å². The van der Waals surface area contributed by atoms with Gasteiger partial charge in [-0.3, -0.25) is 9.59 Å². The van der Waals surface area contributed by atoms with Crippen molar-refractivity contribution in [2.75, 3.05) is 26.4 Å². The van der Waals surface area contributed by atoms with E-state index in [4.69, 9.17) is 15.6 Å². The summed E-state index contributed by atoms with van der Waals surface area (Å²) in [6.07, 6.45) is 0.0176. The molecule has 3 N–H and O–H groups in total. The van der Waals surface area contributed by atoms with Crippen LogP contribution in [-0.4, -0.2) is 54.2 Å². The standard InChI is InChI=1S/C8H14N2O4/c9-8(13)6-5-14-4-2-10(6)7(12)1-3-11/h6,11H,1-5H2,(H2,9,13)/t6-/m1/s1. The highest BCUT2D eigenvalue weighted by atomic mass is 16.5. The molecule has 1 fully saturated rings. The molecular weight excluding hydrogens is 188 g/mol. The largest absolute Gasteiger partial charge is 0.396 e. The Kier molecular flexibility index (Phi) is 3.84. The minimum atomic E-state index is -0.692. The number of primary amides is 1. The molecule has 14 heavy (non-hydrogen) atoms. The Bertz CT molecular complexity index is 231. The molecule has 0 aromatic rings. The zero-order valence-electron chi connectivity index (χ0n) is 7.81. The van der Waals surface area contributed by atoms with Gasteiger partial charge >= 0.3 is 0 Å². The topological polar surface area (TPSA) is 92.9 Å². The van der Waals surface area contributed by atoms with Gasteiger partial charge in [-0.1, -0.05) is 0 Å². The fourth-order valence-electron chi connectivity index (χ4n) is 1.38. The van der Waals surface area contributed by atoms with Gasteiger partial charge in [-0.05, 0) is 0 Å². The fourth-order valence-corrected chi connectivity index (χ4v) is 1.38. The average molecular weight is 202 g/mol. The number of carbonyl (C=O) groups excluding carboxylic acids is 2. The van der Waals surface area contributed by atoms with E-state index < -0.39 is 11.9 Å². The van der Waals surface area contributed by atoms with E-state index in [0.717, 1.165) is 0 Å². The maximum Gasteiger partial charge on any atom is 0.242 e. The van der Waals surface area contributed by atoms with E-state index in [0.29, 0.717) is 13.2 Å². The van der Waals surface area contributed by atoms with Gasteiger partial charge in [-0.25, -0.2) is 0 Å². The molecule has 2 amide bonds. The monoisotopic (exact) mass is 202 g/mol. The molecule has 0 bridgehead atoms. The van der Waals surface area contributed by atoms with Gasteiger partial charge in [0.2, 0.25) is 11.8 Å². The summed E-state index contributed by atoms with van der Waals surface area (Å²) in [6.45, 7) is 0.682. The molecule has 1 rings (SSSR count). The lowest BCUT2D eigenvalue weighted by molar-refractivity contribution is -0.147. The first-order valence-corrected chi connectivity index (χ1v) is 4.44. The maximum atomic E-state index is 11.4. The average Bonchev–Trinajstić information content (AvgIpc) is 2.18. The van der Waals surface area contributed by atoms with Crippen molar-refractivity contribution in [3.8, 4) is 0 Å². The van der Waals surface area contributed by atoms with Crippen molar-refractivity contribution in [1.82, 2.24) is 4.90 Å². The van der Waals surface area contributed by atoms with E-state index in [1.165, 1.54) is 4.90 Å². The molecule has 1 aliphatic heterocycles. The van der Waals surface area contributed by atoms with Gasteiger partial charge in [0.25, 0.3) is 0 Å². The summed E-state index contributed by atoms with van der Waals surface area (Å²) in [5.74, 6) is -0.837. The van der Waals surface area contributed by atoms with Crippen LogP contribution in [0.15, 0.2) is 0 Å². The maximum absolute atomic E-state index is 11.4. The predicted octanol–water partition coefficient (Wildman–Crippen LogP) is -1.92. The quantitative estimate of drug-likeness (QED) is 0.558. The first-order chi connectivity index (χ1) is 6.66. The second-order valence-electron chi connectivity index (χ2n) is 3.05. The number of hydrogen-bond acceptors (Lipinski definition) is 4. The summed E-state index contributed by atoms with van der Waals surface area (Å²) in [5, 5.41) is 8.60. The van der Waals surface area contributed by atoms with Crippen LogP contribution in [0.1, 0.15) is 6.42 Å². The Hall–Kier alpha value is -1.14. The summed E-state index contributed by atoms with van der Waals surface area (Å²) in [7, 11) is 0. The van der Waals surface area contributed by atoms with Crippen molar-refractivity contribution < 1.29 is 19.4 Å². The second kappa shape index (κ2) is 4.92. The molecule has 1 saturated heterocycles. The number of hydrogen-bond donors (Lipinski definition) is 2. The van der Waals surface area contributed by atoms with Crippen LogP contribution < -0.4 is 5.73 Å². The third kappa shape index (κ3) is 2.43. The molecule has 0 aromatic carbocycles. The number of morpholine rings is 1. The normalized spacial score (nSPS) is 22.1. The van der Waals surface area contributed by atoms with E-state index >= 15 is 0 Å². The number of amides is 2. The lowest BCUT2D eigenvalue weighted by atomic mass is 10.2. The number of nitrogens with two attached hydrogens (primary N) is 1. The number of nitrogens with zero attached hydrogens (tertiary/aromatic N) is 1. The summed E-state index contributed by atoms with van der Waals surface area (Å²) < 4.78 is 5.04. The highest BCUT2D eigenvalue weighted by Gasteiger charge is 2.30. The molecule has 80 valence electrons. The third-order valence-electron chi connectivity index (χ3n) is 2.10. The Labute approximate surface area is 81.6 Å². The van der Waals surface area contributed by atoms with Gasteiger partial charge < -0.3 is 20.5 Å². The van der Waals surface area contributed by atoms with Gasteiger partial charge in [-0.2, -0.15) is 0 Å². The minimum Gasteiger partial charge on any atom is -0.396 e. The Balaban J connectivity index is 2.62. The first kappa shape index (κ1) is 10.9. The van der Waals surface area contributed by atoms with Crippen LogP contribution in [0.2, 0.25) is 0 Å². The lowest BCUT2D eigenvalue weighted by Gasteiger charge is -2.33. The van der Waals surface area contributed by atoms with Gasteiger partial charge in [-0.15, -0.1) is 0 Å². The fraction of sp³-hybridized carbons (Fsp3) is 0.750. The van der Waals surface area contributed by atoms with Crippen molar-refractivity contribution in [3.63, 3.8) is 0 Å². The molecule has 0 aromatic heterocycles. The van der Waals surface area contributed by atoms with E-state index in [2.05, 4.69) is 0 Å². The Morgan fingerprint density at radius 2 is 2.29 bits per heavy atom. The lowest BCUT2D eigenvalue weighted by Crippen LogP contribution is -2.54. The molecule has 0 unspecified atom stereocenters. The zero-order valence-corrected chi connectivity index (χ0v) is 7.81. The van der Waals surface area contributed by atoms with Gasteiger partial charge in [0.1, 0.15) is 6.04 Å². The first-order valence-electron chi connectivity index (χ1n) is 4.44. The highest BCUT2D eigenvalue weighted by Crippen LogP contribution is 2.08. The van der Waals surface area contributed by atoms with Crippen LogP contribution in [0.25, 0.3) is 0 Å². The Morgan fingerprint density at radius 1 is 1.57 bits per heavy atom. The van der Waals surface area contributed by atoms with Crippen molar-refractivity contribution >= 4 is 11.8 Å². The molecule has 0 radical (unpaired) electrons. The number of aliphatic hydroxyl groups is 1. The van der Waals surface area contributed by atoms with Crippen molar-refractivity contribution in [2.24, 2.45) is 5.73 Å². The van der Waals surface area contributed by atoms with Crippen LogP contribution in [0.5, 0.6) is 0 Å². The summed E-state index contributed by atoms with van der Waals surface area (Å²) in [6, 6.07) is -0.692. The third-order valence-corrected chi connectivity index (χ3v) is 2.10. The van der Waals surface area contributed by atoms with E-state index in [1.807, 2.05) is 0 Å². The van der Waals surface area contributed by atoms with Gasteiger partial charge in [0.15, 0.2) is 0 Å². The second-order valence-corrected chi connectivity index (χ2v) is 3.05. The van der Waals surface area contributed by atoms with Crippen LogP contribution in [0.3, 0.4) is 0 Å². The number of carbonyl (C=O) groups is 2. The van der Waals surface area contributed by atoms with Crippen molar-refractivity contribution in [3.05, 3.63) is 0 Å². The number of aliphatic hydroxyl groups excluding tert-OH is 1. The molecule has 6 nitrogen and oxygen atoms in total. The molecule has 1 atom stereocenters. The smallest absolute Gasteiger partial charge is 0.242 e. The molecule has 0 aliphatic carbocycles. The van der Waals surface area contributed by atoms with Crippen LogP contribution >= 0.6 is 0 Å². The minimum absolute atomic E-state index is 0.0176. The van der Waals surface area contributed by atoms with E-state index in [9.17, 15) is 9.59 Å². The predicted molar refractivity (Wildman–Crippen MR) is 47.2 cm³/mol. The molecule has 0 saturated carbocycles. The summed E-state index contributed by atoms with van der Waals surface area (Å²) in [5.41, 5.74) is 5.12. The molecule has 1 aliphatic rings. The Morgan fingerprint density at radius 3 is 2.86 bits per heavy atom. The van der Waals surface area contributed by atoms with Gasteiger partial charge in [0.05, 0.1) is 19.8 Å². The highest BCUT2D eigenvalue weighted by molar-refractivity contribution is 5.86. The van der Waals surface area contributed by atoms with Crippen LogP contribution in [-0.2, 0) is 14.3 Å². The van der Waals surface area contributed by atoms with Crippen molar-refractivity contribution in [2.45, 2.75) is 12.5 Å². The van der Waals surface area contributed by atoms with E-state index in [-0.39, 0.29) is 25.5 Å². The molecule has 0 spiro atoms. The van der Waals surface area contributed by atoms with E-state index in [1.54, 1.807) is 0 Å². The molecule has 1 heterocycles. The summed E-state index contributed by atoms with van der Waals surface area (Å²) >= 11 is 0. The number of ether oxygens (including phenoxy) is 1. The van der Waals surface area contributed by atoms with Gasteiger partial charge in [0, 0.05) is 13.0 Å². The van der Waals surface area contributed by atoms with Crippen LogP contribution in [0.4, 0.5) is 0 Å². The molecule has 6 heteroatoms. The van der Waals surface area contributed by atoms with Crippen LogP contribution in [0, 0.1) is 0 Å². The number of rotatable bonds is 3. The summed E-state index contributed by atoms with van der Waals surface area (Å²) in [4.78, 5) is 23.7. The SMILES string of the molecule is NC(=O)[C@H]1COCCN1C(=O)CCO. The zero-order chi connectivity index (χ0) is 10.6. The molecular formula is C8H14N2O4.